The summed E-state index contributed by atoms with van der Waals surface area (Å²) in [7, 11) is 0. The van der Waals surface area contributed by atoms with Crippen molar-refractivity contribution in [1.29, 1.82) is 0 Å². The fourth-order valence-corrected chi connectivity index (χ4v) is 3.37. The van der Waals surface area contributed by atoms with Crippen LogP contribution in [0, 0.1) is 11.8 Å². The van der Waals surface area contributed by atoms with E-state index in [1.54, 1.807) is 41.0 Å². The van der Waals surface area contributed by atoms with Gasteiger partial charge in [0.15, 0.2) is 0 Å². The van der Waals surface area contributed by atoms with Gasteiger partial charge in [0.25, 0.3) is 0 Å². The number of carbonyl (C=O) groups is 4. The number of piperazine rings is 1. The minimum Gasteiger partial charge on any atom is -0.462 e. The van der Waals surface area contributed by atoms with Crippen LogP contribution in [-0.4, -0.2) is 66.3 Å². The predicted octanol–water partition coefficient (Wildman–Crippen LogP) is 1.13. The van der Waals surface area contributed by atoms with E-state index < -0.39 is 5.97 Å². The molecule has 1 aliphatic heterocycles. The maximum Gasteiger partial charge on any atom is 0.338 e. The van der Waals surface area contributed by atoms with Gasteiger partial charge in [0, 0.05) is 38.8 Å². The zero-order chi connectivity index (χ0) is 20.3. The van der Waals surface area contributed by atoms with Crippen molar-refractivity contribution in [3.8, 4) is 0 Å². The maximum absolute atomic E-state index is 12.6. The number of amides is 3. The number of esters is 1. The van der Waals surface area contributed by atoms with Crippen LogP contribution >= 0.6 is 0 Å². The fraction of sp³-hybridized carbons (Fsp3) is 0.500. The highest BCUT2D eigenvalue weighted by Crippen LogP contribution is 2.41. The number of carbonyl (C=O) groups excluding carboxylic acids is 4. The van der Waals surface area contributed by atoms with Crippen molar-refractivity contribution in [2.24, 2.45) is 11.8 Å². The van der Waals surface area contributed by atoms with Crippen LogP contribution in [0.3, 0.4) is 0 Å². The lowest BCUT2D eigenvalue weighted by Gasteiger charge is -2.34. The van der Waals surface area contributed by atoms with Crippen LogP contribution in [0.1, 0.15) is 30.6 Å². The van der Waals surface area contributed by atoms with E-state index in [4.69, 9.17) is 4.74 Å². The number of nitrogens with zero attached hydrogens (tertiary/aromatic N) is 2. The zero-order valence-electron chi connectivity index (χ0n) is 16.1. The van der Waals surface area contributed by atoms with Gasteiger partial charge in [-0.1, -0.05) is 0 Å². The Balaban J connectivity index is 1.48. The molecule has 1 saturated heterocycles. The summed E-state index contributed by atoms with van der Waals surface area (Å²) in [5, 5.41) is 2.80. The molecule has 2 fully saturated rings. The second-order valence-electron chi connectivity index (χ2n) is 7.07. The number of anilines is 1. The van der Waals surface area contributed by atoms with E-state index in [-0.39, 0.29) is 29.6 Å². The van der Waals surface area contributed by atoms with E-state index in [1.165, 1.54) is 6.92 Å². The highest BCUT2D eigenvalue weighted by Gasteiger charge is 2.49. The van der Waals surface area contributed by atoms with Crippen LogP contribution in [0.25, 0.3) is 0 Å². The van der Waals surface area contributed by atoms with Gasteiger partial charge in [-0.3, -0.25) is 14.4 Å². The van der Waals surface area contributed by atoms with Gasteiger partial charge in [-0.15, -0.1) is 0 Å². The minimum absolute atomic E-state index is 0.0130. The second kappa shape index (κ2) is 8.41. The third-order valence-electron chi connectivity index (χ3n) is 5.14. The van der Waals surface area contributed by atoms with Crippen molar-refractivity contribution in [1.82, 2.24) is 9.80 Å². The average Bonchev–Trinajstić information content (AvgIpc) is 3.49. The van der Waals surface area contributed by atoms with Crippen molar-refractivity contribution < 1.29 is 23.9 Å². The summed E-state index contributed by atoms with van der Waals surface area (Å²) in [5.74, 6) is -1.21. The Kier molecular flexibility index (Phi) is 5.96. The molecule has 1 aliphatic carbocycles. The van der Waals surface area contributed by atoms with Crippen molar-refractivity contribution in [3.63, 3.8) is 0 Å². The smallest absolute Gasteiger partial charge is 0.338 e. The quantitative estimate of drug-likeness (QED) is 0.764. The molecule has 150 valence electrons. The number of benzene rings is 1. The van der Waals surface area contributed by atoms with Crippen LogP contribution in [0.2, 0.25) is 0 Å². The second-order valence-corrected chi connectivity index (χ2v) is 7.07. The average molecular weight is 387 g/mol. The van der Waals surface area contributed by atoms with Crippen molar-refractivity contribution in [3.05, 3.63) is 29.8 Å². The van der Waals surface area contributed by atoms with Gasteiger partial charge in [-0.2, -0.15) is 0 Å². The van der Waals surface area contributed by atoms with Crippen molar-refractivity contribution >= 4 is 29.4 Å². The molecule has 2 atom stereocenters. The molecule has 1 aromatic rings. The van der Waals surface area contributed by atoms with Gasteiger partial charge in [0.2, 0.25) is 17.7 Å². The molecular formula is C20H25N3O5. The van der Waals surface area contributed by atoms with Crippen LogP contribution in [0.4, 0.5) is 5.69 Å². The molecule has 3 amide bonds. The standard InChI is InChI=1S/C20H25N3O5/c1-3-28-20(27)14-4-6-15(7-5-14)21-18(25)16-12-17(16)19(26)23-10-8-22(9-11-23)13(2)24/h4-7,16-17H,3,8-12H2,1-2H3,(H,21,25). The maximum atomic E-state index is 12.6. The molecule has 3 rings (SSSR count). The molecule has 0 bridgehead atoms. The highest BCUT2D eigenvalue weighted by atomic mass is 16.5. The van der Waals surface area contributed by atoms with E-state index >= 15 is 0 Å². The third-order valence-corrected chi connectivity index (χ3v) is 5.14. The first-order chi connectivity index (χ1) is 13.4. The first kappa shape index (κ1) is 19.9. The van der Waals surface area contributed by atoms with Crippen molar-refractivity contribution in [2.75, 3.05) is 38.1 Å². The number of ether oxygens (including phenoxy) is 1. The van der Waals surface area contributed by atoms with E-state index in [9.17, 15) is 19.2 Å². The molecule has 1 N–H and O–H groups in total. The lowest BCUT2D eigenvalue weighted by atomic mass is 10.2. The lowest BCUT2D eigenvalue weighted by molar-refractivity contribution is -0.139. The van der Waals surface area contributed by atoms with Gasteiger partial charge < -0.3 is 19.9 Å². The number of hydrogen-bond acceptors (Lipinski definition) is 5. The molecule has 8 heteroatoms. The Hall–Kier alpha value is -2.90. The summed E-state index contributed by atoms with van der Waals surface area (Å²) in [6.45, 7) is 5.67. The van der Waals surface area contributed by atoms with E-state index in [2.05, 4.69) is 5.32 Å². The molecular weight excluding hydrogens is 362 g/mol. The molecule has 1 heterocycles. The van der Waals surface area contributed by atoms with Gasteiger partial charge >= 0.3 is 5.97 Å². The summed E-state index contributed by atoms with van der Waals surface area (Å²) < 4.78 is 4.92. The Labute approximate surface area is 163 Å². The van der Waals surface area contributed by atoms with Gasteiger partial charge in [-0.05, 0) is 37.6 Å². The van der Waals surface area contributed by atoms with Crippen LogP contribution in [-0.2, 0) is 19.1 Å². The fourth-order valence-electron chi connectivity index (χ4n) is 3.37. The van der Waals surface area contributed by atoms with Crippen LogP contribution in [0.15, 0.2) is 24.3 Å². The lowest BCUT2D eigenvalue weighted by Crippen LogP contribution is -2.50. The van der Waals surface area contributed by atoms with E-state index in [0.29, 0.717) is 50.5 Å². The normalized spacial score (nSPS) is 21.1. The number of hydrogen-bond donors (Lipinski definition) is 1. The first-order valence-corrected chi connectivity index (χ1v) is 9.53. The molecule has 2 unspecified atom stereocenters. The van der Waals surface area contributed by atoms with Gasteiger partial charge in [-0.25, -0.2) is 4.79 Å². The SMILES string of the molecule is CCOC(=O)c1ccc(NC(=O)C2CC2C(=O)N2CCN(C(C)=O)CC2)cc1. The van der Waals surface area contributed by atoms with Gasteiger partial charge in [0.1, 0.15) is 0 Å². The largest absolute Gasteiger partial charge is 0.462 e. The highest BCUT2D eigenvalue weighted by molar-refractivity contribution is 6.00. The summed E-state index contributed by atoms with van der Waals surface area (Å²) in [6, 6.07) is 6.48. The molecule has 8 nitrogen and oxygen atoms in total. The van der Waals surface area contributed by atoms with Crippen LogP contribution in [0.5, 0.6) is 0 Å². The van der Waals surface area contributed by atoms with Gasteiger partial charge in [0.05, 0.1) is 24.0 Å². The predicted molar refractivity (Wildman–Crippen MR) is 101 cm³/mol. The molecule has 0 spiro atoms. The molecule has 0 aromatic heterocycles. The number of nitrogens with one attached hydrogen (secondary N) is 1. The topological polar surface area (TPSA) is 96.0 Å². The van der Waals surface area contributed by atoms with Crippen LogP contribution < -0.4 is 5.32 Å². The first-order valence-electron chi connectivity index (χ1n) is 9.53. The summed E-state index contributed by atoms with van der Waals surface area (Å²) in [6.07, 6.45) is 0.540. The molecule has 2 aliphatic rings. The van der Waals surface area contributed by atoms with Crippen molar-refractivity contribution in [2.45, 2.75) is 20.3 Å². The van der Waals surface area contributed by atoms with E-state index in [0.717, 1.165) is 0 Å². The molecule has 1 saturated carbocycles. The summed E-state index contributed by atoms with van der Waals surface area (Å²) >= 11 is 0. The molecule has 1 aromatic carbocycles. The Morgan fingerprint density at radius 3 is 2.18 bits per heavy atom. The summed E-state index contributed by atoms with van der Waals surface area (Å²) in [5.41, 5.74) is 0.996. The zero-order valence-corrected chi connectivity index (χ0v) is 16.1. The Bertz CT molecular complexity index is 769. The summed E-state index contributed by atoms with van der Waals surface area (Å²) in [4.78, 5) is 51.5. The monoisotopic (exact) mass is 387 g/mol. The Morgan fingerprint density at radius 2 is 1.61 bits per heavy atom. The molecule has 0 radical (unpaired) electrons. The minimum atomic E-state index is -0.405. The Morgan fingerprint density at radius 1 is 1.00 bits per heavy atom. The number of rotatable bonds is 5. The third kappa shape index (κ3) is 4.49. The molecule has 28 heavy (non-hydrogen) atoms. The van der Waals surface area contributed by atoms with E-state index in [1.807, 2.05) is 0 Å².